The molecule has 1 saturated carbocycles. The van der Waals surface area contributed by atoms with Crippen molar-refractivity contribution < 1.29 is 0 Å². The van der Waals surface area contributed by atoms with Crippen LogP contribution in [-0.2, 0) is 0 Å². The van der Waals surface area contributed by atoms with Crippen LogP contribution in [0.2, 0.25) is 5.02 Å². The lowest BCUT2D eigenvalue weighted by molar-refractivity contribution is 0.518. The predicted molar refractivity (Wildman–Crippen MR) is 85.3 cm³/mol. The Kier molecular flexibility index (Phi) is 3.82. The van der Waals surface area contributed by atoms with Crippen molar-refractivity contribution in [1.82, 2.24) is 5.32 Å². The SMILES string of the molecule is CNC(c1ccc(C)cc1Cl)C1CC1c1ccccc1. The highest BCUT2D eigenvalue weighted by atomic mass is 35.5. The summed E-state index contributed by atoms with van der Waals surface area (Å²) in [5, 5.41) is 4.33. The maximum atomic E-state index is 6.43. The van der Waals surface area contributed by atoms with Gasteiger partial charge in [-0.25, -0.2) is 0 Å². The van der Waals surface area contributed by atoms with E-state index < -0.39 is 0 Å². The van der Waals surface area contributed by atoms with Crippen molar-refractivity contribution in [2.24, 2.45) is 5.92 Å². The molecule has 2 aromatic carbocycles. The number of nitrogens with one attached hydrogen (secondary N) is 1. The molecule has 1 N–H and O–H groups in total. The molecule has 2 heteroatoms. The molecule has 0 spiro atoms. The first kappa shape index (κ1) is 13.7. The minimum atomic E-state index is 0.341. The van der Waals surface area contributed by atoms with Crippen LogP contribution in [0.4, 0.5) is 0 Å². The normalized spacial score (nSPS) is 22.6. The minimum absolute atomic E-state index is 0.341. The van der Waals surface area contributed by atoms with Crippen LogP contribution in [0.15, 0.2) is 48.5 Å². The molecule has 104 valence electrons. The van der Waals surface area contributed by atoms with Gasteiger partial charge < -0.3 is 5.32 Å². The molecule has 2 aromatic rings. The fourth-order valence-electron chi connectivity index (χ4n) is 3.15. The van der Waals surface area contributed by atoms with Crippen molar-refractivity contribution >= 4 is 11.6 Å². The summed E-state index contributed by atoms with van der Waals surface area (Å²) in [4.78, 5) is 0. The molecule has 3 atom stereocenters. The zero-order chi connectivity index (χ0) is 14.1. The van der Waals surface area contributed by atoms with Crippen LogP contribution in [0, 0.1) is 12.8 Å². The Hall–Kier alpha value is -1.31. The van der Waals surface area contributed by atoms with Crippen LogP contribution in [0.5, 0.6) is 0 Å². The lowest BCUT2D eigenvalue weighted by Crippen LogP contribution is -2.19. The van der Waals surface area contributed by atoms with Gasteiger partial charge in [-0.05, 0) is 55.0 Å². The van der Waals surface area contributed by atoms with Gasteiger partial charge in [0.05, 0.1) is 0 Å². The van der Waals surface area contributed by atoms with E-state index in [1.165, 1.54) is 23.1 Å². The average molecular weight is 286 g/mol. The van der Waals surface area contributed by atoms with E-state index in [4.69, 9.17) is 11.6 Å². The van der Waals surface area contributed by atoms with Gasteiger partial charge in [0.1, 0.15) is 0 Å². The number of aryl methyl sites for hydroxylation is 1. The van der Waals surface area contributed by atoms with Gasteiger partial charge >= 0.3 is 0 Å². The summed E-state index contributed by atoms with van der Waals surface area (Å²) in [6, 6.07) is 17.5. The lowest BCUT2D eigenvalue weighted by atomic mass is 9.98. The van der Waals surface area contributed by atoms with E-state index in [0.29, 0.717) is 17.9 Å². The topological polar surface area (TPSA) is 12.0 Å². The molecule has 0 saturated heterocycles. The van der Waals surface area contributed by atoms with Crippen molar-refractivity contribution in [1.29, 1.82) is 0 Å². The second kappa shape index (κ2) is 5.59. The quantitative estimate of drug-likeness (QED) is 0.858. The first-order valence-electron chi connectivity index (χ1n) is 7.19. The van der Waals surface area contributed by atoms with Crippen LogP contribution in [0.1, 0.15) is 35.1 Å². The fraction of sp³-hybridized carbons (Fsp3) is 0.333. The van der Waals surface area contributed by atoms with Crippen LogP contribution >= 0.6 is 11.6 Å². The molecule has 0 amide bonds. The van der Waals surface area contributed by atoms with Crippen LogP contribution in [-0.4, -0.2) is 7.05 Å². The number of benzene rings is 2. The van der Waals surface area contributed by atoms with Crippen LogP contribution in [0.3, 0.4) is 0 Å². The monoisotopic (exact) mass is 285 g/mol. The van der Waals surface area contributed by atoms with E-state index in [1.807, 2.05) is 7.05 Å². The summed E-state index contributed by atoms with van der Waals surface area (Å²) in [5.41, 5.74) is 3.88. The van der Waals surface area contributed by atoms with Crippen molar-refractivity contribution in [3.8, 4) is 0 Å². The highest BCUT2D eigenvalue weighted by molar-refractivity contribution is 6.31. The summed E-state index contributed by atoms with van der Waals surface area (Å²) in [6.45, 7) is 2.08. The molecular weight excluding hydrogens is 266 g/mol. The minimum Gasteiger partial charge on any atom is -0.313 e. The highest BCUT2D eigenvalue weighted by Gasteiger charge is 2.44. The Balaban J connectivity index is 1.82. The molecule has 0 aliphatic heterocycles. The average Bonchev–Trinajstić information content (AvgIpc) is 3.23. The van der Waals surface area contributed by atoms with E-state index in [0.717, 1.165) is 5.02 Å². The second-order valence-corrected chi connectivity index (χ2v) is 6.12. The molecule has 1 aliphatic rings. The Bertz CT molecular complexity index is 594. The van der Waals surface area contributed by atoms with Gasteiger partial charge in [-0.15, -0.1) is 0 Å². The highest BCUT2D eigenvalue weighted by Crippen LogP contribution is 2.54. The third-order valence-corrected chi connectivity index (χ3v) is 4.63. The number of rotatable bonds is 4. The molecule has 0 aromatic heterocycles. The van der Waals surface area contributed by atoms with E-state index in [-0.39, 0.29) is 0 Å². The third kappa shape index (κ3) is 2.61. The van der Waals surface area contributed by atoms with Crippen molar-refractivity contribution in [3.05, 3.63) is 70.2 Å². The van der Waals surface area contributed by atoms with Crippen molar-refractivity contribution in [2.45, 2.75) is 25.3 Å². The van der Waals surface area contributed by atoms with E-state index >= 15 is 0 Å². The summed E-state index contributed by atoms with van der Waals surface area (Å²) in [5.74, 6) is 1.30. The van der Waals surface area contributed by atoms with Gasteiger partial charge in [0.15, 0.2) is 0 Å². The van der Waals surface area contributed by atoms with E-state index in [9.17, 15) is 0 Å². The summed E-state index contributed by atoms with van der Waals surface area (Å²) in [7, 11) is 2.03. The molecule has 0 heterocycles. The van der Waals surface area contributed by atoms with Crippen LogP contribution < -0.4 is 5.32 Å². The van der Waals surface area contributed by atoms with Crippen molar-refractivity contribution in [3.63, 3.8) is 0 Å². The summed E-state index contributed by atoms with van der Waals surface area (Å²) < 4.78 is 0. The maximum Gasteiger partial charge on any atom is 0.0456 e. The van der Waals surface area contributed by atoms with Crippen LogP contribution in [0.25, 0.3) is 0 Å². The van der Waals surface area contributed by atoms with Gasteiger partial charge in [0, 0.05) is 11.1 Å². The first-order valence-corrected chi connectivity index (χ1v) is 7.56. The molecular formula is C18H20ClN. The molecule has 3 rings (SSSR count). The molecule has 3 unspecified atom stereocenters. The second-order valence-electron chi connectivity index (χ2n) is 5.71. The Morgan fingerprint density at radius 2 is 1.90 bits per heavy atom. The Labute approximate surface area is 126 Å². The summed E-state index contributed by atoms with van der Waals surface area (Å²) in [6.07, 6.45) is 1.24. The predicted octanol–water partition coefficient (Wildman–Crippen LogP) is 4.71. The van der Waals surface area contributed by atoms with Gasteiger partial charge in [-0.2, -0.15) is 0 Å². The standard InChI is InChI=1S/C18H20ClN/c1-12-8-9-14(17(19)10-12)18(20-2)16-11-15(16)13-6-4-3-5-7-13/h3-10,15-16,18,20H,11H2,1-2H3. The Morgan fingerprint density at radius 3 is 2.55 bits per heavy atom. The molecule has 0 bridgehead atoms. The Morgan fingerprint density at radius 1 is 1.15 bits per heavy atom. The first-order chi connectivity index (χ1) is 9.70. The zero-order valence-electron chi connectivity index (χ0n) is 11.9. The third-order valence-electron chi connectivity index (χ3n) is 4.30. The number of halogens is 1. The molecule has 1 nitrogen and oxygen atoms in total. The molecule has 0 radical (unpaired) electrons. The smallest absolute Gasteiger partial charge is 0.0456 e. The van der Waals surface area contributed by atoms with Gasteiger partial charge in [-0.3, -0.25) is 0 Å². The zero-order valence-corrected chi connectivity index (χ0v) is 12.7. The van der Waals surface area contributed by atoms with Crippen molar-refractivity contribution in [2.75, 3.05) is 7.05 Å². The molecule has 20 heavy (non-hydrogen) atoms. The fourth-order valence-corrected chi connectivity index (χ4v) is 3.50. The number of hydrogen-bond donors (Lipinski definition) is 1. The van der Waals surface area contributed by atoms with E-state index in [1.54, 1.807) is 0 Å². The summed E-state index contributed by atoms with van der Waals surface area (Å²) >= 11 is 6.43. The largest absolute Gasteiger partial charge is 0.313 e. The van der Waals surface area contributed by atoms with Gasteiger partial charge in [-0.1, -0.05) is 54.1 Å². The molecule has 1 fully saturated rings. The number of hydrogen-bond acceptors (Lipinski definition) is 1. The van der Waals surface area contributed by atoms with Gasteiger partial charge in [0.25, 0.3) is 0 Å². The molecule has 1 aliphatic carbocycles. The maximum absolute atomic E-state index is 6.43. The lowest BCUT2D eigenvalue weighted by Gasteiger charge is -2.19. The van der Waals surface area contributed by atoms with E-state index in [2.05, 4.69) is 60.8 Å². The van der Waals surface area contributed by atoms with Gasteiger partial charge in [0.2, 0.25) is 0 Å².